The maximum absolute atomic E-state index is 12.7. The molecule has 1 aromatic heterocycles. The van der Waals surface area contributed by atoms with Crippen molar-refractivity contribution in [2.24, 2.45) is 0 Å². The van der Waals surface area contributed by atoms with Crippen LogP contribution in [0.3, 0.4) is 0 Å². The van der Waals surface area contributed by atoms with Crippen LogP contribution in [0.4, 0.5) is 16.2 Å². The third kappa shape index (κ3) is 8.22. The van der Waals surface area contributed by atoms with Crippen LogP contribution in [0, 0.1) is 11.3 Å². The molecular weight excluding hydrogens is 468 g/mol. The summed E-state index contributed by atoms with van der Waals surface area (Å²) in [6.07, 6.45) is 2.27. The Morgan fingerprint density at radius 3 is 2.63 bits per heavy atom. The van der Waals surface area contributed by atoms with E-state index < -0.39 is 17.7 Å². The number of hydrogen-bond acceptors (Lipinski definition) is 8. The van der Waals surface area contributed by atoms with E-state index in [1.807, 2.05) is 0 Å². The number of carbonyl (C=O) groups is 2. The molecule has 0 fully saturated rings. The van der Waals surface area contributed by atoms with Crippen molar-refractivity contribution in [3.8, 4) is 6.07 Å². The van der Waals surface area contributed by atoms with Gasteiger partial charge in [-0.05, 0) is 45.9 Å². The summed E-state index contributed by atoms with van der Waals surface area (Å²) >= 11 is 1.03. The van der Waals surface area contributed by atoms with Crippen molar-refractivity contribution in [3.63, 3.8) is 0 Å². The van der Waals surface area contributed by atoms with Gasteiger partial charge in [-0.2, -0.15) is 5.26 Å². The van der Waals surface area contributed by atoms with E-state index in [0.29, 0.717) is 22.6 Å². The number of carbonyl (C=O) groups excluding carboxylic acids is 2. The van der Waals surface area contributed by atoms with Crippen LogP contribution in [0.1, 0.15) is 27.7 Å². The Bertz CT molecular complexity index is 1410. The highest BCUT2D eigenvalue weighted by Gasteiger charge is 2.16. The average molecular weight is 495 g/mol. The standard InChI is InChI=1S/C25H26N4O5S/c1-6-13-33-23(31)17(16-26)14-21-29(7-2)22(30)20(35-21)11-12-27-18-9-8-10-19(15-18)28-24(32)34-25(3,4)5/h6,8-10,12,15,27H,1,7,13H2,2-5H3,(H,28,32). The van der Waals surface area contributed by atoms with Gasteiger partial charge in [0.2, 0.25) is 0 Å². The van der Waals surface area contributed by atoms with Crippen LogP contribution in [0.2, 0.25) is 0 Å². The smallest absolute Gasteiger partial charge is 0.412 e. The van der Waals surface area contributed by atoms with Crippen molar-refractivity contribution in [1.82, 2.24) is 4.57 Å². The minimum atomic E-state index is -0.849. The van der Waals surface area contributed by atoms with Gasteiger partial charge in [-0.25, -0.2) is 9.59 Å². The molecule has 0 aliphatic rings. The van der Waals surface area contributed by atoms with Crippen molar-refractivity contribution in [3.05, 3.63) is 68.2 Å². The Balaban J connectivity index is 2.37. The molecule has 10 heteroatoms. The minimum Gasteiger partial charge on any atom is -0.457 e. The molecule has 182 valence electrons. The molecule has 0 unspecified atom stereocenters. The first-order valence-corrected chi connectivity index (χ1v) is 11.4. The summed E-state index contributed by atoms with van der Waals surface area (Å²) < 4.78 is 12.0. The van der Waals surface area contributed by atoms with E-state index in [9.17, 15) is 19.6 Å². The molecule has 1 amide bonds. The van der Waals surface area contributed by atoms with E-state index in [2.05, 4.69) is 28.7 Å². The maximum Gasteiger partial charge on any atom is 0.412 e. The molecule has 2 rings (SSSR count). The van der Waals surface area contributed by atoms with E-state index >= 15 is 0 Å². The predicted octanol–water partition coefficient (Wildman–Crippen LogP) is 2.84. The number of amides is 1. The fraction of sp³-hybridized carbons (Fsp3) is 0.280. The Labute approximate surface area is 206 Å². The molecule has 35 heavy (non-hydrogen) atoms. The van der Waals surface area contributed by atoms with Crippen LogP contribution in [-0.4, -0.2) is 28.8 Å². The predicted molar refractivity (Wildman–Crippen MR) is 135 cm³/mol. The normalized spacial score (nSPS) is 10.1. The highest BCUT2D eigenvalue weighted by Crippen LogP contribution is 2.16. The molecule has 0 spiro atoms. The Morgan fingerprint density at radius 1 is 1.29 bits per heavy atom. The van der Waals surface area contributed by atoms with E-state index in [1.54, 1.807) is 58.0 Å². The largest absolute Gasteiger partial charge is 0.457 e. The lowest BCUT2D eigenvalue weighted by molar-refractivity contribution is -0.137. The molecule has 2 N–H and O–H groups in total. The van der Waals surface area contributed by atoms with Crippen LogP contribution < -0.4 is 25.4 Å². The first kappa shape index (κ1) is 27.0. The van der Waals surface area contributed by atoms with Crippen LogP contribution in [0.5, 0.6) is 0 Å². The van der Waals surface area contributed by atoms with Gasteiger partial charge in [0.05, 0.1) is 0 Å². The summed E-state index contributed by atoms with van der Waals surface area (Å²) in [5.41, 5.74) is 5.41. The lowest BCUT2D eigenvalue weighted by Crippen LogP contribution is -2.30. The van der Waals surface area contributed by atoms with Gasteiger partial charge in [0.15, 0.2) is 5.57 Å². The quantitative estimate of drug-likeness (QED) is 0.263. The van der Waals surface area contributed by atoms with E-state index in [0.717, 1.165) is 11.3 Å². The van der Waals surface area contributed by atoms with Crippen LogP contribution in [0.25, 0.3) is 11.5 Å². The average Bonchev–Trinajstić information content (AvgIpc) is 3.08. The summed E-state index contributed by atoms with van der Waals surface area (Å²) in [6.45, 7) is 10.8. The monoisotopic (exact) mass is 494 g/mol. The molecule has 0 bridgehead atoms. The molecule has 0 radical (unpaired) electrons. The number of nitrogens with one attached hydrogen (secondary N) is 2. The lowest BCUT2D eigenvalue weighted by atomic mass is 10.2. The second kappa shape index (κ2) is 12.3. The lowest BCUT2D eigenvalue weighted by Gasteiger charge is -2.19. The second-order valence-electron chi connectivity index (χ2n) is 7.93. The highest BCUT2D eigenvalue weighted by molar-refractivity contribution is 7.07. The highest BCUT2D eigenvalue weighted by atomic mass is 32.1. The number of thiazole rings is 1. The molecule has 1 aromatic carbocycles. The molecule has 0 saturated heterocycles. The van der Waals surface area contributed by atoms with Gasteiger partial charge in [-0.1, -0.05) is 41.5 Å². The van der Waals surface area contributed by atoms with E-state index in [1.165, 1.54) is 16.8 Å². The number of nitriles is 1. The number of rotatable bonds is 7. The van der Waals surface area contributed by atoms with Gasteiger partial charge in [-0.3, -0.25) is 14.7 Å². The van der Waals surface area contributed by atoms with Gasteiger partial charge >= 0.3 is 12.1 Å². The van der Waals surface area contributed by atoms with E-state index in [-0.39, 0.29) is 22.3 Å². The first-order valence-electron chi connectivity index (χ1n) is 10.6. The van der Waals surface area contributed by atoms with Gasteiger partial charge in [0, 0.05) is 24.1 Å². The summed E-state index contributed by atoms with van der Waals surface area (Å²) in [7, 11) is 0. The molecular formula is C25H26N4O5S. The molecule has 0 saturated carbocycles. The third-order valence-electron chi connectivity index (χ3n) is 4.03. The van der Waals surface area contributed by atoms with E-state index in [4.69, 9.17) is 9.47 Å². The second-order valence-corrected chi connectivity index (χ2v) is 8.92. The number of anilines is 2. The summed E-state index contributed by atoms with van der Waals surface area (Å²) in [4.78, 5) is 36.6. The molecule has 9 nitrogen and oxygen atoms in total. The van der Waals surface area contributed by atoms with Crippen LogP contribution in [0.15, 0.2) is 53.5 Å². The first-order chi connectivity index (χ1) is 16.6. The Morgan fingerprint density at radius 2 is 2.00 bits per heavy atom. The van der Waals surface area contributed by atoms with Crippen molar-refractivity contribution < 1.29 is 19.1 Å². The zero-order valence-electron chi connectivity index (χ0n) is 19.9. The summed E-state index contributed by atoms with van der Waals surface area (Å²) in [5, 5.41) is 14.9. The summed E-state index contributed by atoms with van der Waals surface area (Å²) in [5.74, 6) is -0.849. The van der Waals surface area contributed by atoms with Gasteiger partial charge in [0.1, 0.15) is 27.5 Å². The fourth-order valence-electron chi connectivity index (χ4n) is 2.61. The number of aromatic nitrogens is 1. The summed E-state index contributed by atoms with van der Waals surface area (Å²) in [6, 6.07) is 8.66. The van der Waals surface area contributed by atoms with Crippen molar-refractivity contribution in [2.45, 2.75) is 39.8 Å². The van der Waals surface area contributed by atoms with Gasteiger partial charge in [0.25, 0.3) is 5.56 Å². The Hall–Kier alpha value is -4.28. The molecule has 0 atom stereocenters. The Kier molecular flexibility index (Phi) is 9.44. The van der Waals surface area contributed by atoms with Gasteiger partial charge < -0.3 is 14.8 Å². The van der Waals surface area contributed by atoms with Crippen molar-refractivity contribution in [2.75, 3.05) is 17.2 Å². The maximum atomic E-state index is 12.7. The zero-order chi connectivity index (χ0) is 26.0. The number of hydrogen-bond donors (Lipinski definition) is 2. The third-order valence-corrected chi connectivity index (χ3v) is 5.04. The van der Waals surface area contributed by atoms with Crippen LogP contribution >= 0.6 is 11.3 Å². The zero-order valence-corrected chi connectivity index (χ0v) is 20.7. The van der Waals surface area contributed by atoms with Gasteiger partial charge in [-0.15, -0.1) is 0 Å². The molecule has 1 heterocycles. The van der Waals surface area contributed by atoms with Crippen molar-refractivity contribution >= 4 is 46.2 Å². The van der Waals surface area contributed by atoms with Crippen LogP contribution in [-0.2, 0) is 20.8 Å². The SMILES string of the molecule is C=CCOC(=O)C(=C=c1sc(=C=CNc2cccc(NC(=O)OC(C)(C)C)c2)c(=O)n1CC)C#N. The number of benzene rings is 1. The number of nitrogens with zero attached hydrogens (tertiary/aromatic N) is 2. The molecule has 2 aromatic rings. The van der Waals surface area contributed by atoms with Crippen molar-refractivity contribution in [1.29, 1.82) is 5.26 Å². The number of ether oxygens (including phenoxy) is 2. The molecule has 0 aliphatic heterocycles. The molecule has 0 aliphatic carbocycles. The minimum absolute atomic E-state index is 0.0430. The fourth-order valence-corrected chi connectivity index (χ4v) is 3.60. The number of esters is 1. The topological polar surface area (TPSA) is 122 Å².